The number of nitrogens with one attached hydrogen (secondary N) is 2. The van der Waals surface area contributed by atoms with Crippen molar-refractivity contribution < 1.29 is 13.5 Å². The molecule has 0 atom stereocenters. The Morgan fingerprint density at radius 2 is 2.14 bits per heavy atom. The normalized spacial score (nSPS) is 14.8. The van der Waals surface area contributed by atoms with E-state index in [1.165, 1.54) is 24.4 Å². The van der Waals surface area contributed by atoms with Crippen molar-refractivity contribution in [3.05, 3.63) is 54.0 Å². The molecule has 1 aliphatic rings. The predicted octanol–water partition coefficient (Wildman–Crippen LogP) is 4.55. The van der Waals surface area contributed by atoms with Crippen LogP contribution in [0.3, 0.4) is 0 Å². The summed E-state index contributed by atoms with van der Waals surface area (Å²) in [5.41, 5.74) is 7.91. The number of nitrogens with zero attached hydrogens (tertiary/aromatic N) is 4. The molecule has 28 heavy (non-hydrogen) atoms. The van der Waals surface area contributed by atoms with Crippen molar-refractivity contribution in [2.75, 3.05) is 29.9 Å². The summed E-state index contributed by atoms with van der Waals surface area (Å²) in [5.74, 6) is -2.11. The maximum atomic E-state index is 13.4. The smallest absolute Gasteiger partial charge is 0.318 e. The Hall–Kier alpha value is -3.10. The third-order valence-corrected chi connectivity index (χ3v) is 4.32. The molecule has 0 unspecified atom stereocenters. The fraction of sp³-hybridized carbons (Fsp3) is 0.368. The van der Waals surface area contributed by atoms with E-state index in [4.69, 9.17) is 10.3 Å². The van der Waals surface area contributed by atoms with Crippen LogP contribution in [0.2, 0.25) is 0 Å². The molecule has 0 amide bonds. The lowest BCUT2D eigenvalue weighted by Gasteiger charge is -2.16. The Morgan fingerprint density at radius 1 is 1.36 bits per heavy atom. The van der Waals surface area contributed by atoms with Gasteiger partial charge in [0.05, 0.1) is 0 Å². The molecule has 2 heterocycles. The molecule has 1 aromatic heterocycles. The third-order valence-electron chi connectivity index (χ3n) is 4.32. The van der Waals surface area contributed by atoms with E-state index in [0.717, 1.165) is 38.7 Å². The standard InChI is InChI=1S/C19H22F2N6O/c1-19(20,21)14-5-4-6-15(11-14)24-12-16(26-22)13-28-18-23-8-7-17(25-18)27-9-2-3-10-27/h4-8,11-12,22,24H,2-3,9-10,13H2,1H3/b16-12-,26-22?. The average Bonchev–Trinajstić information content (AvgIpc) is 3.23. The molecule has 0 spiro atoms. The highest BCUT2D eigenvalue weighted by Gasteiger charge is 2.24. The van der Waals surface area contributed by atoms with Crippen molar-refractivity contribution in [2.24, 2.45) is 5.11 Å². The summed E-state index contributed by atoms with van der Waals surface area (Å²) < 4.78 is 32.4. The highest BCUT2D eigenvalue weighted by molar-refractivity contribution is 5.49. The van der Waals surface area contributed by atoms with E-state index in [1.807, 2.05) is 6.07 Å². The van der Waals surface area contributed by atoms with Gasteiger partial charge in [0, 0.05) is 43.7 Å². The van der Waals surface area contributed by atoms with Gasteiger partial charge in [0.1, 0.15) is 18.1 Å². The molecule has 3 rings (SSSR count). The first-order chi connectivity index (χ1) is 13.5. The minimum atomic E-state index is -2.93. The van der Waals surface area contributed by atoms with Gasteiger partial charge in [-0.25, -0.2) is 19.3 Å². The Labute approximate surface area is 162 Å². The maximum absolute atomic E-state index is 13.4. The molecule has 0 bridgehead atoms. The number of rotatable bonds is 8. The molecular formula is C19H22F2N6O. The number of halogens is 2. The van der Waals surface area contributed by atoms with Gasteiger partial charge in [-0.1, -0.05) is 12.1 Å². The molecule has 0 radical (unpaired) electrons. The van der Waals surface area contributed by atoms with E-state index in [9.17, 15) is 8.78 Å². The fourth-order valence-corrected chi connectivity index (χ4v) is 2.82. The van der Waals surface area contributed by atoms with E-state index in [0.29, 0.717) is 5.69 Å². The van der Waals surface area contributed by atoms with Crippen LogP contribution in [0.1, 0.15) is 25.3 Å². The molecule has 9 heteroatoms. The number of anilines is 2. The summed E-state index contributed by atoms with van der Waals surface area (Å²) in [6.07, 6.45) is 5.35. The average molecular weight is 388 g/mol. The third kappa shape index (κ3) is 5.21. The Kier molecular flexibility index (Phi) is 6.13. The molecule has 2 aromatic rings. The van der Waals surface area contributed by atoms with Crippen LogP contribution in [-0.4, -0.2) is 29.7 Å². The van der Waals surface area contributed by atoms with E-state index >= 15 is 0 Å². The molecule has 148 valence electrons. The van der Waals surface area contributed by atoms with Crippen LogP contribution in [0.4, 0.5) is 20.3 Å². The summed E-state index contributed by atoms with van der Waals surface area (Å²) in [7, 11) is 0. The quantitative estimate of drug-likeness (QED) is 0.648. The Bertz CT molecular complexity index is 846. The van der Waals surface area contributed by atoms with Crippen LogP contribution in [0.25, 0.3) is 0 Å². The van der Waals surface area contributed by atoms with Crippen LogP contribution in [0.5, 0.6) is 6.01 Å². The molecule has 7 nitrogen and oxygen atoms in total. The van der Waals surface area contributed by atoms with Gasteiger partial charge in [0.2, 0.25) is 0 Å². The first-order valence-corrected chi connectivity index (χ1v) is 8.98. The second kappa shape index (κ2) is 8.73. The Morgan fingerprint density at radius 3 is 2.86 bits per heavy atom. The number of alkyl halides is 2. The second-order valence-corrected chi connectivity index (χ2v) is 6.54. The lowest BCUT2D eigenvalue weighted by molar-refractivity contribution is 0.0175. The van der Waals surface area contributed by atoms with Gasteiger partial charge in [-0.15, -0.1) is 0 Å². The zero-order valence-electron chi connectivity index (χ0n) is 15.5. The van der Waals surface area contributed by atoms with Gasteiger partial charge in [0.15, 0.2) is 0 Å². The molecule has 2 N–H and O–H groups in total. The number of aromatic nitrogens is 2. The first kappa shape index (κ1) is 19.7. The Balaban J connectivity index is 1.61. The number of hydrogen-bond donors (Lipinski definition) is 2. The van der Waals surface area contributed by atoms with Crippen LogP contribution in [0, 0.1) is 5.53 Å². The predicted molar refractivity (Wildman–Crippen MR) is 102 cm³/mol. The molecule has 1 saturated heterocycles. The van der Waals surface area contributed by atoms with E-state index < -0.39 is 5.92 Å². The van der Waals surface area contributed by atoms with Gasteiger partial charge >= 0.3 is 6.01 Å². The number of ether oxygens (including phenoxy) is 1. The highest BCUT2D eigenvalue weighted by Crippen LogP contribution is 2.28. The zero-order chi connectivity index (χ0) is 20.0. The molecule has 0 aliphatic carbocycles. The molecular weight excluding hydrogens is 366 g/mol. The monoisotopic (exact) mass is 388 g/mol. The first-order valence-electron chi connectivity index (χ1n) is 8.98. The summed E-state index contributed by atoms with van der Waals surface area (Å²) >= 11 is 0. The van der Waals surface area contributed by atoms with Gasteiger partial charge in [-0.05, 0) is 31.0 Å². The molecule has 1 fully saturated rings. The molecule has 0 saturated carbocycles. The number of hydrogen-bond acceptors (Lipinski definition) is 7. The lowest BCUT2D eigenvalue weighted by atomic mass is 10.1. The fourth-order valence-electron chi connectivity index (χ4n) is 2.82. The van der Waals surface area contributed by atoms with Gasteiger partial charge in [0.25, 0.3) is 5.92 Å². The zero-order valence-corrected chi connectivity index (χ0v) is 15.5. The minimum absolute atomic E-state index is 0.0242. The second-order valence-electron chi connectivity index (χ2n) is 6.54. The summed E-state index contributed by atoms with van der Waals surface area (Å²) in [4.78, 5) is 10.6. The van der Waals surface area contributed by atoms with Gasteiger partial charge < -0.3 is 15.0 Å². The van der Waals surface area contributed by atoms with Crippen molar-refractivity contribution >= 4 is 11.5 Å². The summed E-state index contributed by atoms with van der Waals surface area (Å²) in [6, 6.07) is 7.93. The minimum Gasteiger partial charge on any atom is -0.457 e. The maximum Gasteiger partial charge on any atom is 0.318 e. The van der Waals surface area contributed by atoms with E-state index in [1.54, 1.807) is 12.3 Å². The summed E-state index contributed by atoms with van der Waals surface area (Å²) in [5, 5.41) is 6.26. The van der Waals surface area contributed by atoms with Crippen molar-refractivity contribution in [1.29, 1.82) is 5.53 Å². The van der Waals surface area contributed by atoms with Crippen LogP contribution in [-0.2, 0) is 5.92 Å². The SMILES string of the molecule is CC(F)(F)c1cccc(N/C=C(/COc2nccc(N3CCCC3)n2)N=N)c1. The lowest BCUT2D eigenvalue weighted by Crippen LogP contribution is -2.19. The van der Waals surface area contributed by atoms with Crippen molar-refractivity contribution in [1.82, 2.24) is 9.97 Å². The van der Waals surface area contributed by atoms with Crippen molar-refractivity contribution in [2.45, 2.75) is 25.7 Å². The largest absolute Gasteiger partial charge is 0.457 e. The highest BCUT2D eigenvalue weighted by atomic mass is 19.3. The topological polar surface area (TPSA) is 86.5 Å². The van der Waals surface area contributed by atoms with E-state index in [-0.39, 0.29) is 23.9 Å². The van der Waals surface area contributed by atoms with Crippen LogP contribution in [0.15, 0.2) is 53.5 Å². The van der Waals surface area contributed by atoms with E-state index in [2.05, 4.69) is 25.3 Å². The van der Waals surface area contributed by atoms with Crippen molar-refractivity contribution in [3.63, 3.8) is 0 Å². The molecule has 1 aromatic carbocycles. The van der Waals surface area contributed by atoms with Crippen molar-refractivity contribution in [3.8, 4) is 6.01 Å². The molecule has 1 aliphatic heterocycles. The van der Waals surface area contributed by atoms with Crippen LogP contribution < -0.4 is 15.0 Å². The van der Waals surface area contributed by atoms with Crippen LogP contribution >= 0.6 is 0 Å². The summed E-state index contributed by atoms with van der Waals surface area (Å²) in [6.45, 7) is 2.74. The van der Waals surface area contributed by atoms with Gasteiger partial charge in [-0.3, -0.25) is 0 Å². The van der Waals surface area contributed by atoms with Gasteiger partial charge in [-0.2, -0.15) is 10.1 Å². The number of benzene rings is 1.